The summed E-state index contributed by atoms with van der Waals surface area (Å²) in [7, 11) is 2.04. The molecule has 2 saturated heterocycles. The summed E-state index contributed by atoms with van der Waals surface area (Å²) in [6, 6.07) is 15.0. The van der Waals surface area contributed by atoms with Crippen molar-refractivity contribution < 1.29 is 13.9 Å². The standard InChI is InChI=1S/C31H33ClFN5O2/c1-36-27(24-8-7-21(32)16-25(24)33)19-40-28-6-2-4-23(30(28)36)20-9-13-37(14-10-20)18-29-35-26-5-3-12-34-31(26)38(29)17-22-11-15-39-22/h2-8,12,16,20,22,27H,9-11,13-15,17-19H2,1H3/t22-,27?/m0/s1. The second-order valence-electron chi connectivity index (χ2n) is 11.1. The number of nitrogens with zero attached hydrogens (tertiary/aromatic N) is 5. The Balaban J connectivity index is 1.08. The lowest BCUT2D eigenvalue weighted by Crippen LogP contribution is -2.37. The first-order chi connectivity index (χ1) is 19.5. The molecule has 0 N–H and O–H groups in total. The molecule has 9 heteroatoms. The molecule has 7 nitrogen and oxygen atoms in total. The van der Waals surface area contributed by atoms with Gasteiger partial charge in [0.05, 0.1) is 30.9 Å². The van der Waals surface area contributed by atoms with Crippen molar-refractivity contribution in [1.29, 1.82) is 0 Å². The smallest absolute Gasteiger partial charge is 0.160 e. The van der Waals surface area contributed by atoms with Gasteiger partial charge < -0.3 is 18.9 Å². The molecule has 3 aliphatic rings. The Bertz CT molecular complexity index is 1530. The predicted molar refractivity (Wildman–Crippen MR) is 154 cm³/mol. The lowest BCUT2D eigenvalue weighted by Gasteiger charge is -2.40. The molecule has 0 spiro atoms. The molecule has 0 bridgehead atoms. The van der Waals surface area contributed by atoms with Gasteiger partial charge >= 0.3 is 0 Å². The van der Waals surface area contributed by atoms with Gasteiger partial charge in [0, 0.05) is 30.4 Å². The number of anilines is 1. The van der Waals surface area contributed by atoms with Crippen molar-refractivity contribution in [2.75, 3.05) is 38.3 Å². The van der Waals surface area contributed by atoms with Crippen LogP contribution < -0.4 is 9.64 Å². The Kier molecular flexibility index (Phi) is 6.86. The maximum Gasteiger partial charge on any atom is 0.160 e. The second kappa shape index (κ2) is 10.7. The van der Waals surface area contributed by atoms with Crippen molar-refractivity contribution in [2.45, 2.75) is 50.4 Å². The molecule has 2 aromatic heterocycles. The van der Waals surface area contributed by atoms with Crippen molar-refractivity contribution in [3.05, 3.63) is 82.5 Å². The highest BCUT2D eigenvalue weighted by molar-refractivity contribution is 6.30. The molecule has 208 valence electrons. The highest BCUT2D eigenvalue weighted by atomic mass is 35.5. The van der Waals surface area contributed by atoms with E-state index in [2.05, 4.69) is 31.5 Å². The number of imidazole rings is 1. The van der Waals surface area contributed by atoms with Crippen LogP contribution in [0.4, 0.5) is 10.1 Å². The van der Waals surface area contributed by atoms with E-state index in [0.717, 1.165) is 80.5 Å². The fourth-order valence-electron chi connectivity index (χ4n) is 6.42. The largest absolute Gasteiger partial charge is 0.489 e. The average molecular weight is 562 g/mol. The number of aromatic nitrogens is 3. The molecule has 5 heterocycles. The molecule has 4 aromatic rings. The molecular weight excluding hydrogens is 529 g/mol. The molecule has 0 aliphatic carbocycles. The number of hydrogen-bond donors (Lipinski definition) is 0. The number of piperidine rings is 1. The first-order valence-corrected chi connectivity index (χ1v) is 14.5. The monoisotopic (exact) mass is 561 g/mol. The predicted octanol–water partition coefficient (Wildman–Crippen LogP) is 5.96. The molecule has 7 rings (SSSR count). The number of fused-ring (bicyclic) bond motifs is 2. The van der Waals surface area contributed by atoms with Gasteiger partial charge in [0.25, 0.3) is 0 Å². The highest BCUT2D eigenvalue weighted by Crippen LogP contribution is 2.46. The number of benzene rings is 2. The van der Waals surface area contributed by atoms with Crippen LogP contribution in [-0.4, -0.2) is 58.9 Å². The summed E-state index contributed by atoms with van der Waals surface area (Å²) in [4.78, 5) is 14.3. The summed E-state index contributed by atoms with van der Waals surface area (Å²) in [6.45, 7) is 4.79. The molecule has 0 radical (unpaired) electrons. The normalized spacial score (nSPS) is 21.7. The van der Waals surface area contributed by atoms with Crippen molar-refractivity contribution in [3.63, 3.8) is 0 Å². The minimum atomic E-state index is -0.299. The van der Waals surface area contributed by atoms with Crippen LogP contribution in [0.1, 0.15) is 48.2 Å². The lowest BCUT2D eigenvalue weighted by atomic mass is 9.87. The molecule has 3 aliphatic heterocycles. The third kappa shape index (κ3) is 4.72. The number of likely N-dealkylation sites (N-methyl/N-ethyl adjacent to an activating group) is 1. The minimum absolute atomic E-state index is 0.216. The zero-order valence-electron chi connectivity index (χ0n) is 22.6. The lowest BCUT2D eigenvalue weighted by molar-refractivity contribution is -0.0593. The highest BCUT2D eigenvalue weighted by Gasteiger charge is 2.33. The van der Waals surface area contributed by atoms with E-state index < -0.39 is 0 Å². The SMILES string of the molecule is CN1c2c(cccc2C2CCN(Cc3nc4cccnc4n3C[C@@H]3CCO3)CC2)OCC1c1ccc(Cl)cc1F. The molecule has 40 heavy (non-hydrogen) atoms. The Morgan fingerprint density at radius 2 is 1.90 bits per heavy atom. The van der Waals surface area contributed by atoms with E-state index in [9.17, 15) is 4.39 Å². The Labute approximate surface area is 238 Å². The summed E-state index contributed by atoms with van der Waals surface area (Å²) >= 11 is 6.02. The third-order valence-corrected chi connectivity index (χ3v) is 8.96. The molecule has 0 saturated carbocycles. The zero-order chi connectivity index (χ0) is 27.2. The number of ether oxygens (including phenoxy) is 2. The summed E-state index contributed by atoms with van der Waals surface area (Å²) in [6.07, 6.45) is 5.24. The molecule has 2 atom stereocenters. The van der Waals surface area contributed by atoms with Crippen molar-refractivity contribution in [3.8, 4) is 5.75 Å². The van der Waals surface area contributed by atoms with Gasteiger partial charge in [-0.25, -0.2) is 14.4 Å². The average Bonchev–Trinajstić information content (AvgIpc) is 3.28. The van der Waals surface area contributed by atoms with Gasteiger partial charge in [-0.05, 0) is 74.2 Å². The van der Waals surface area contributed by atoms with Gasteiger partial charge in [0.1, 0.15) is 29.5 Å². The first kappa shape index (κ1) is 25.7. The van der Waals surface area contributed by atoms with Crippen LogP contribution in [0.5, 0.6) is 5.75 Å². The fraction of sp³-hybridized carbons (Fsp3) is 0.419. The molecule has 0 amide bonds. The van der Waals surface area contributed by atoms with Gasteiger partial charge in [-0.3, -0.25) is 4.90 Å². The molecule has 1 unspecified atom stereocenters. The zero-order valence-corrected chi connectivity index (χ0v) is 23.4. The van der Waals surface area contributed by atoms with E-state index in [1.54, 1.807) is 12.1 Å². The van der Waals surface area contributed by atoms with E-state index in [1.165, 1.54) is 11.6 Å². The van der Waals surface area contributed by atoms with Crippen LogP contribution in [0.2, 0.25) is 5.02 Å². The van der Waals surface area contributed by atoms with E-state index >= 15 is 0 Å². The number of hydrogen-bond acceptors (Lipinski definition) is 6. The van der Waals surface area contributed by atoms with E-state index in [-0.39, 0.29) is 18.0 Å². The Morgan fingerprint density at radius 3 is 2.67 bits per heavy atom. The van der Waals surface area contributed by atoms with Crippen LogP contribution >= 0.6 is 11.6 Å². The van der Waals surface area contributed by atoms with Crippen LogP contribution in [0.25, 0.3) is 11.2 Å². The van der Waals surface area contributed by atoms with Crippen molar-refractivity contribution >= 4 is 28.5 Å². The Hall–Kier alpha value is -3.20. The van der Waals surface area contributed by atoms with Gasteiger partial charge in [0.15, 0.2) is 5.65 Å². The van der Waals surface area contributed by atoms with E-state index in [0.29, 0.717) is 23.1 Å². The fourth-order valence-corrected chi connectivity index (χ4v) is 6.58. The number of pyridine rings is 1. The summed E-state index contributed by atoms with van der Waals surface area (Å²) in [5.74, 6) is 2.02. The van der Waals surface area contributed by atoms with Gasteiger partial charge in [0.2, 0.25) is 0 Å². The van der Waals surface area contributed by atoms with Gasteiger partial charge in [-0.15, -0.1) is 0 Å². The first-order valence-electron chi connectivity index (χ1n) is 14.1. The number of rotatable bonds is 6. The maximum absolute atomic E-state index is 14.9. The number of likely N-dealkylation sites (tertiary alicyclic amines) is 1. The Morgan fingerprint density at radius 1 is 1.05 bits per heavy atom. The van der Waals surface area contributed by atoms with Crippen molar-refractivity contribution in [1.82, 2.24) is 19.4 Å². The molecule has 2 aromatic carbocycles. The van der Waals surface area contributed by atoms with Crippen LogP contribution in [0, 0.1) is 5.82 Å². The quantitative estimate of drug-likeness (QED) is 0.289. The van der Waals surface area contributed by atoms with Crippen LogP contribution in [-0.2, 0) is 17.8 Å². The third-order valence-electron chi connectivity index (χ3n) is 8.72. The van der Waals surface area contributed by atoms with E-state index in [4.69, 9.17) is 26.1 Å². The molecular formula is C31H33ClFN5O2. The molecule has 2 fully saturated rings. The summed E-state index contributed by atoms with van der Waals surface area (Å²) in [5, 5.41) is 0.400. The van der Waals surface area contributed by atoms with Crippen LogP contribution in [0.3, 0.4) is 0 Å². The van der Waals surface area contributed by atoms with Crippen molar-refractivity contribution in [2.24, 2.45) is 0 Å². The summed E-state index contributed by atoms with van der Waals surface area (Å²) < 4.78 is 29.0. The van der Waals surface area contributed by atoms with Crippen LogP contribution in [0.15, 0.2) is 54.7 Å². The summed E-state index contributed by atoms with van der Waals surface area (Å²) in [5.41, 5.74) is 4.83. The number of halogens is 2. The number of para-hydroxylation sites is 1. The minimum Gasteiger partial charge on any atom is -0.489 e. The topological polar surface area (TPSA) is 55.7 Å². The second-order valence-corrected chi connectivity index (χ2v) is 11.6. The van der Waals surface area contributed by atoms with Gasteiger partial charge in [-0.2, -0.15) is 0 Å². The van der Waals surface area contributed by atoms with E-state index in [1.807, 2.05) is 31.4 Å². The van der Waals surface area contributed by atoms with Gasteiger partial charge in [-0.1, -0.05) is 29.8 Å². The maximum atomic E-state index is 14.9.